The number of thiocarbonyl (C=S) groups is 1. The topological polar surface area (TPSA) is 31.1 Å². The van der Waals surface area contributed by atoms with Gasteiger partial charge in [0.25, 0.3) is 0 Å². The Balaban J connectivity index is 1.54. The Morgan fingerprint density at radius 2 is 1.84 bits per heavy atom. The second kappa shape index (κ2) is 9.07. The van der Waals surface area contributed by atoms with Crippen LogP contribution in [-0.2, 0) is 6.42 Å². The zero-order valence-corrected chi connectivity index (χ0v) is 20.5. The molecule has 0 bridgehead atoms. The highest BCUT2D eigenvalue weighted by Gasteiger charge is 2.34. The summed E-state index contributed by atoms with van der Waals surface area (Å²) in [5.74, 6) is 0.520. The molecule has 1 fully saturated rings. The van der Waals surface area contributed by atoms with Crippen molar-refractivity contribution in [3.8, 4) is 0 Å². The summed E-state index contributed by atoms with van der Waals surface area (Å²) in [5, 5.41) is 6.62. The summed E-state index contributed by atoms with van der Waals surface area (Å²) in [7, 11) is 0. The standard InChI is InChI=1S/C27H32ClN3S/c1-17(2)18-8-10-19(11-9-18)26-25-22(23-16-20(28)12-13-24(23)30-25)14-15-31(26)27(32)29-21-6-4-3-5-7-21/h8-13,16-17,21,26,30H,3-7,14-15H2,1-2H3,(H,29,32). The van der Waals surface area contributed by atoms with Gasteiger partial charge in [-0.1, -0.05) is 69.0 Å². The lowest BCUT2D eigenvalue weighted by Crippen LogP contribution is -2.49. The van der Waals surface area contributed by atoms with E-state index in [1.807, 2.05) is 6.07 Å². The maximum absolute atomic E-state index is 6.35. The van der Waals surface area contributed by atoms with E-state index in [2.05, 4.69) is 65.4 Å². The number of halogens is 1. The molecular weight excluding hydrogens is 434 g/mol. The van der Waals surface area contributed by atoms with Crippen molar-refractivity contribution in [2.24, 2.45) is 0 Å². The SMILES string of the molecule is CC(C)c1ccc(C2c3[nH]c4ccc(Cl)cc4c3CCN2C(=S)NC2CCCCC2)cc1. The fourth-order valence-electron chi connectivity index (χ4n) is 5.39. The van der Waals surface area contributed by atoms with Crippen molar-refractivity contribution in [2.45, 2.75) is 70.4 Å². The molecule has 0 spiro atoms. The molecule has 1 unspecified atom stereocenters. The number of aromatic nitrogens is 1. The van der Waals surface area contributed by atoms with Crippen molar-refractivity contribution in [3.63, 3.8) is 0 Å². The van der Waals surface area contributed by atoms with E-state index >= 15 is 0 Å². The minimum Gasteiger partial charge on any atom is -0.360 e. The van der Waals surface area contributed by atoms with E-state index < -0.39 is 0 Å². The van der Waals surface area contributed by atoms with Gasteiger partial charge in [-0.15, -0.1) is 0 Å². The first kappa shape index (κ1) is 21.8. The quantitative estimate of drug-likeness (QED) is 0.404. The summed E-state index contributed by atoms with van der Waals surface area (Å²) in [4.78, 5) is 6.13. The molecule has 2 heterocycles. The second-order valence-corrected chi connectivity index (χ2v) is 10.5. The number of benzene rings is 2. The Hall–Kier alpha value is -2.04. The summed E-state index contributed by atoms with van der Waals surface area (Å²) in [6.45, 7) is 5.39. The van der Waals surface area contributed by atoms with E-state index in [1.54, 1.807) is 0 Å². The van der Waals surface area contributed by atoms with Gasteiger partial charge in [0, 0.05) is 34.2 Å². The molecule has 1 saturated carbocycles. The summed E-state index contributed by atoms with van der Waals surface area (Å²) in [5.41, 5.74) is 6.41. The smallest absolute Gasteiger partial charge is 0.170 e. The number of H-pyrrole nitrogens is 1. The van der Waals surface area contributed by atoms with Crippen LogP contribution in [0.5, 0.6) is 0 Å². The van der Waals surface area contributed by atoms with Gasteiger partial charge < -0.3 is 15.2 Å². The van der Waals surface area contributed by atoms with Gasteiger partial charge in [0.15, 0.2) is 5.11 Å². The van der Waals surface area contributed by atoms with Crippen LogP contribution in [0.25, 0.3) is 10.9 Å². The Kier molecular flexibility index (Phi) is 6.18. The first-order valence-electron chi connectivity index (χ1n) is 12.0. The number of nitrogens with zero attached hydrogens (tertiary/aromatic N) is 1. The maximum atomic E-state index is 6.35. The highest BCUT2D eigenvalue weighted by molar-refractivity contribution is 7.80. The lowest BCUT2D eigenvalue weighted by Gasteiger charge is -2.39. The van der Waals surface area contributed by atoms with Crippen LogP contribution in [0.3, 0.4) is 0 Å². The predicted molar refractivity (Wildman–Crippen MR) is 139 cm³/mol. The fourth-order valence-corrected chi connectivity index (χ4v) is 5.93. The molecule has 1 aromatic heterocycles. The second-order valence-electron chi connectivity index (χ2n) is 9.66. The normalized spacial score (nSPS) is 19.4. The lowest BCUT2D eigenvalue weighted by atomic mass is 9.91. The van der Waals surface area contributed by atoms with Gasteiger partial charge in [0.2, 0.25) is 0 Å². The molecular formula is C27H32ClN3S. The fraction of sp³-hybridized carbons (Fsp3) is 0.444. The Bertz CT molecular complexity index is 1110. The van der Waals surface area contributed by atoms with Gasteiger partial charge in [-0.2, -0.15) is 0 Å². The maximum Gasteiger partial charge on any atom is 0.170 e. The molecule has 2 N–H and O–H groups in total. The third-order valence-electron chi connectivity index (χ3n) is 7.20. The molecule has 0 saturated heterocycles. The van der Waals surface area contributed by atoms with Crippen LogP contribution in [0, 0.1) is 0 Å². The third kappa shape index (κ3) is 4.15. The van der Waals surface area contributed by atoms with Gasteiger partial charge in [0.05, 0.1) is 6.04 Å². The number of aromatic amines is 1. The van der Waals surface area contributed by atoms with Crippen molar-refractivity contribution in [3.05, 3.63) is 69.9 Å². The molecule has 1 aliphatic heterocycles. The van der Waals surface area contributed by atoms with Crippen LogP contribution in [0.1, 0.15) is 80.3 Å². The van der Waals surface area contributed by atoms with E-state index in [4.69, 9.17) is 23.8 Å². The van der Waals surface area contributed by atoms with Crippen LogP contribution >= 0.6 is 23.8 Å². The van der Waals surface area contributed by atoms with Gasteiger partial charge >= 0.3 is 0 Å². The first-order chi connectivity index (χ1) is 15.5. The molecule has 1 atom stereocenters. The van der Waals surface area contributed by atoms with Gasteiger partial charge in [-0.3, -0.25) is 0 Å². The average Bonchev–Trinajstić information content (AvgIpc) is 3.17. The van der Waals surface area contributed by atoms with Crippen molar-refractivity contribution < 1.29 is 0 Å². The summed E-state index contributed by atoms with van der Waals surface area (Å²) in [6.07, 6.45) is 7.35. The molecule has 0 amide bonds. The van der Waals surface area contributed by atoms with E-state index in [0.29, 0.717) is 12.0 Å². The van der Waals surface area contributed by atoms with Crippen LogP contribution < -0.4 is 5.32 Å². The van der Waals surface area contributed by atoms with Crippen molar-refractivity contribution in [1.29, 1.82) is 0 Å². The number of hydrogen-bond donors (Lipinski definition) is 2. The average molecular weight is 466 g/mol. The van der Waals surface area contributed by atoms with Crippen molar-refractivity contribution in [2.75, 3.05) is 6.54 Å². The number of rotatable bonds is 3. The van der Waals surface area contributed by atoms with Crippen LogP contribution in [0.4, 0.5) is 0 Å². The van der Waals surface area contributed by atoms with Gasteiger partial charge in [-0.05, 0) is 72.3 Å². The summed E-state index contributed by atoms with van der Waals surface area (Å²) in [6, 6.07) is 15.8. The largest absolute Gasteiger partial charge is 0.360 e. The highest BCUT2D eigenvalue weighted by Crippen LogP contribution is 2.39. The molecule has 3 aromatic rings. The first-order valence-corrected chi connectivity index (χ1v) is 12.8. The van der Waals surface area contributed by atoms with E-state index in [1.165, 1.54) is 59.9 Å². The lowest BCUT2D eigenvalue weighted by molar-refractivity contribution is 0.316. The molecule has 2 aliphatic rings. The number of hydrogen-bond acceptors (Lipinski definition) is 1. The minimum absolute atomic E-state index is 0.0785. The molecule has 2 aromatic carbocycles. The van der Waals surface area contributed by atoms with E-state index in [9.17, 15) is 0 Å². The molecule has 5 rings (SSSR count). The Morgan fingerprint density at radius 3 is 2.56 bits per heavy atom. The van der Waals surface area contributed by atoms with E-state index in [0.717, 1.165) is 28.6 Å². The summed E-state index contributed by atoms with van der Waals surface area (Å²) < 4.78 is 0. The zero-order chi connectivity index (χ0) is 22.2. The molecule has 32 heavy (non-hydrogen) atoms. The Morgan fingerprint density at radius 1 is 1.09 bits per heavy atom. The minimum atomic E-state index is 0.0785. The molecule has 5 heteroatoms. The Labute approximate surface area is 201 Å². The van der Waals surface area contributed by atoms with Crippen LogP contribution in [0.2, 0.25) is 5.02 Å². The highest BCUT2D eigenvalue weighted by atomic mass is 35.5. The molecule has 3 nitrogen and oxygen atoms in total. The predicted octanol–water partition coefficient (Wildman–Crippen LogP) is 7.10. The molecule has 168 valence electrons. The van der Waals surface area contributed by atoms with Gasteiger partial charge in [0.1, 0.15) is 0 Å². The summed E-state index contributed by atoms with van der Waals surface area (Å²) >= 11 is 12.4. The molecule has 0 radical (unpaired) electrons. The van der Waals surface area contributed by atoms with Crippen molar-refractivity contribution in [1.82, 2.24) is 15.2 Å². The number of nitrogens with one attached hydrogen (secondary N) is 2. The van der Waals surface area contributed by atoms with Crippen LogP contribution in [0.15, 0.2) is 42.5 Å². The van der Waals surface area contributed by atoms with Crippen molar-refractivity contribution >= 4 is 39.8 Å². The van der Waals surface area contributed by atoms with Crippen LogP contribution in [-0.4, -0.2) is 27.6 Å². The number of fused-ring (bicyclic) bond motifs is 3. The van der Waals surface area contributed by atoms with Gasteiger partial charge in [-0.25, -0.2) is 0 Å². The third-order valence-corrected chi connectivity index (χ3v) is 7.79. The molecule has 1 aliphatic carbocycles. The monoisotopic (exact) mass is 465 g/mol. The van der Waals surface area contributed by atoms with E-state index in [-0.39, 0.29) is 6.04 Å². The zero-order valence-electron chi connectivity index (χ0n) is 19.0.